The molecule has 0 radical (unpaired) electrons. The van der Waals surface area contributed by atoms with Gasteiger partial charge in [-0.1, -0.05) is 42.5 Å². The van der Waals surface area contributed by atoms with Crippen LogP contribution in [0.1, 0.15) is 23.3 Å². The molecule has 2 aromatic carbocycles. The molecule has 1 fully saturated rings. The second kappa shape index (κ2) is 8.92. The third kappa shape index (κ3) is 5.03. The highest BCUT2D eigenvalue weighted by atomic mass is 16.5. The summed E-state index contributed by atoms with van der Waals surface area (Å²) < 4.78 is 7.43. The van der Waals surface area contributed by atoms with E-state index in [0.29, 0.717) is 5.69 Å². The maximum Gasteiger partial charge on any atom is 0.271 e. The van der Waals surface area contributed by atoms with E-state index in [9.17, 15) is 4.79 Å². The van der Waals surface area contributed by atoms with Crippen LogP contribution in [-0.4, -0.2) is 46.8 Å². The van der Waals surface area contributed by atoms with E-state index in [1.165, 1.54) is 5.56 Å². The zero-order chi connectivity index (χ0) is 20.1. The number of nitrogens with one attached hydrogen (secondary N) is 1. The first kappa shape index (κ1) is 19.2. The largest absolute Gasteiger partial charge is 0.471 e. The van der Waals surface area contributed by atoms with Gasteiger partial charge >= 0.3 is 0 Å². The van der Waals surface area contributed by atoms with Crippen molar-refractivity contribution >= 4 is 5.91 Å². The summed E-state index contributed by atoms with van der Waals surface area (Å²) in [5.74, 6) is 0.642. The molecular weight excluding hydrogens is 364 g/mol. The average molecular weight is 390 g/mol. The Morgan fingerprint density at radius 2 is 1.72 bits per heavy atom. The van der Waals surface area contributed by atoms with Crippen LogP contribution in [0.2, 0.25) is 0 Å². The summed E-state index contributed by atoms with van der Waals surface area (Å²) in [6, 6.07) is 20.1. The van der Waals surface area contributed by atoms with Gasteiger partial charge in [0.15, 0.2) is 6.73 Å². The Morgan fingerprint density at radius 3 is 2.45 bits per heavy atom. The maximum atomic E-state index is 12.4. The third-order valence-corrected chi connectivity index (χ3v) is 5.25. The van der Waals surface area contributed by atoms with Crippen molar-refractivity contribution in [2.24, 2.45) is 0 Å². The molecule has 29 heavy (non-hydrogen) atoms. The third-order valence-electron chi connectivity index (χ3n) is 5.25. The van der Waals surface area contributed by atoms with E-state index in [2.05, 4.69) is 34.5 Å². The fraction of sp³-hybridized carbons (Fsp3) is 0.304. The second-order valence-electron chi connectivity index (χ2n) is 7.46. The zero-order valence-corrected chi connectivity index (χ0v) is 16.6. The minimum atomic E-state index is -0.120. The lowest BCUT2D eigenvalue weighted by Crippen LogP contribution is -2.43. The highest BCUT2D eigenvalue weighted by Crippen LogP contribution is 2.22. The van der Waals surface area contributed by atoms with Crippen molar-refractivity contribution < 1.29 is 9.53 Å². The monoisotopic (exact) mass is 390 g/mol. The number of carbonyl (C=O) groups is 1. The lowest BCUT2D eigenvalue weighted by Gasteiger charge is -2.29. The number of hydrogen-bond acceptors (Lipinski definition) is 4. The smallest absolute Gasteiger partial charge is 0.271 e. The number of ether oxygens (including phenoxy) is 1. The molecule has 0 spiro atoms. The van der Waals surface area contributed by atoms with Crippen LogP contribution < -0.4 is 10.1 Å². The highest BCUT2D eigenvalue weighted by Gasteiger charge is 2.20. The summed E-state index contributed by atoms with van der Waals surface area (Å²) in [6.45, 7) is 2.28. The summed E-state index contributed by atoms with van der Waals surface area (Å²) in [6.07, 6.45) is 3.72. The van der Waals surface area contributed by atoms with E-state index < -0.39 is 0 Å². The maximum absolute atomic E-state index is 12.4. The van der Waals surface area contributed by atoms with Crippen LogP contribution in [0.4, 0.5) is 0 Å². The fourth-order valence-corrected chi connectivity index (χ4v) is 3.48. The Bertz CT molecular complexity index is 929. The number of rotatable bonds is 6. The second-order valence-corrected chi connectivity index (χ2v) is 7.46. The number of aromatic nitrogens is 2. The molecule has 0 unspecified atom stereocenters. The van der Waals surface area contributed by atoms with E-state index in [-0.39, 0.29) is 18.7 Å². The van der Waals surface area contributed by atoms with E-state index in [4.69, 9.17) is 4.74 Å². The van der Waals surface area contributed by atoms with Gasteiger partial charge in [0.25, 0.3) is 5.91 Å². The van der Waals surface area contributed by atoms with Gasteiger partial charge in [0, 0.05) is 12.2 Å². The van der Waals surface area contributed by atoms with Crippen LogP contribution >= 0.6 is 0 Å². The molecule has 4 rings (SSSR count). The molecule has 6 nitrogen and oxygen atoms in total. The van der Waals surface area contributed by atoms with Gasteiger partial charge in [-0.05, 0) is 62.3 Å². The molecule has 1 aliphatic rings. The first-order valence-corrected chi connectivity index (χ1v) is 9.98. The number of likely N-dealkylation sites (tertiary alicyclic amines) is 1. The summed E-state index contributed by atoms with van der Waals surface area (Å²) in [5.41, 5.74) is 2.74. The topological polar surface area (TPSA) is 59.4 Å². The van der Waals surface area contributed by atoms with Gasteiger partial charge in [-0.15, -0.1) is 0 Å². The van der Waals surface area contributed by atoms with Crippen LogP contribution in [0.3, 0.4) is 0 Å². The molecule has 0 atom stereocenters. The Labute approximate surface area is 171 Å². The van der Waals surface area contributed by atoms with Crippen molar-refractivity contribution in [3.05, 3.63) is 72.6 Å². The van der Waals surface area contributed by atoms with Crippen molar-refractivity contribution in [2.45, 2.75) is 25.6 Å². The standard InChI is InChI=1S/C23H26N4O2/c1-26-14-11-20(12-15-26)24-23(28)22-13-16-27(25-22)17-29-21-9-7-19(8-10-21)18-5-3-2-4-6-18/h2-10,13,16,20H,11-12,14-15,17H2,1H3,(H,24,28). The Kier molecular flexibility index (Phi) is 5.91. The van der Waals surface area contributed by atoms with Gasteiger partial charge < -0.3 is 15.0 Å². The molecule has 0 bridgehead atoms. The molecule has 0 aliphatic carbocycles. The summed E-state index contributed by atoms with van der Waals surface area (Å²) in [5, 5.41) is 7.42. The van der Waals surface area contributed by atoms with Gasteiger partial charge in [-0.2, -0.15) is 5.10 Å². The number of carbonyl (C=O) groups excluding carboxylic acids is 1. The molecule has 1 amide bonds. The van der Waals surface area contributed by atoms with Crippen LogP contribution in [-0.2, 0) is 6.73 Å². The molecule has 1 saturated heterocycles. The first-order chi connectivity index (χ1) is 14.2. The van der Waals surface area contributed by atoms with E-state index in [1.54, 1.807) is 16.9 Å². The number of amides is 1. The normalized spacial score (nSPS) is 15.2. The number of piperidine rings is 1. The zero-order valence-electron chi connectivity index (χ0n) is 16.6. The molecule has 1 aromatic heterocycles. The molecule has 6 heteroatoms. The van der Waals surface area contributed by atoms with Crippen molar-refractivity contribution in [3.63, 3.8) is 0 Å². The highest BCUT2D eigenvalue weighted by molar-refractivity contribution is 5.92. The fourth-order valence-electron chi connectivity index (χ4n) is 3.48. The number of hydrogen-bond donors (Lipinski definition) is 1. The van der Waals surface area contributed by atoms with Crippen LogP contribution in [0.15, 0.2) is 66.9 Å². The van der Waals surface area contributed by atoms with E-state index in [1.807, 2.05) is 42.5 Å². The lowest BCUT2D eigenvalue weighted by molar-refractivity contribution is 0.0909. The van der Waals surface area contributed by atoms with Crippen LogP contribution in [0, 0.1) is 0 Å². The van der Waals surface area contributed by atoms with Gasteiger partial charge in [-0.25, -0.2) is 4.68 Å². The predicted octanol–water partition coefficient (Wildman–Crippen LogP) is 3.41. The van der Waals surface area contributed by atoms with Crippen LogP contribution in [0.5, 0.6) is 5.75 Å². The number of nitrogens with zero attached hydrogens (tertiary/aromatic N) is 3. The van der Waals surface area contributed by atoms with E-state index >= 15 is 0 Å². The van der Waals surface area contributed by atoms with Crippen molar-refractivity contribution in [3.8, 4) is 16.9 Å². The molecule has 150 valence electrons. The summed E-state index contributed by atoms with van der Waals surface area (Å²) in [7, 11) is 2.11. The number of benzene rings is 2. The van der Waals surface area contributed by atoms with E-state index in [0.717, 1.165) is 37.2 Å². The minimum Gasteiger partial charge on any atom is -0.471 e. The molecule has 3 aromatic rings. The van der Waals surface area contributed by atoms with Gasteiger partial charge in [0.2, 0.25) is 0 Å². The van der Waals surface area contributed by atoms with Gasteiger partial charge in [0.05, 0.1) is 0 Å². The van der Waals surface area contributed by atoms with Crippen molar-refractivity contribution in [1.82, 2.24) is 20.0 Å². The Balaban J connectivity index is 1.29. The quantitative estimate of drug-likeness (QED) is 0.701. The predicted molar refractivity (Wildman–Crippen MR) is 113 cm³/mol. The SMILES string of the molecule is CN1CCC(NC(=O)c2ccn(COc3ccc(-c4ccccc4)cc3)n2)CC1. The minimum absolute atomic E-state index is 0.120. The van der Waals surface area contributed by atoms with Crippen molar-refractivity contribution in [1.29, 1.82) is 0 Å². The molecule has 1 aliphatic heterocycles. The van der Waals surface area contributed by atoms with Gasteiger partial charge in [0.1, 0.15) is 11.4 Å². The summed E-state index contributed by atoms with van der Waals surface area (Å²) >= 11 is 0. The molecular formula is C23H26N4O2. The molecule has 2 heterocycles. The van der Waals surface area contributed by atoms with Gasteiger partial charge in [-0.3, -0.25) is 4.79 Å². The molecule has 0 saturated carbocycles. The average Bonchev–Trinajstić information content (AvgIpc) is 3.24. The Hall–Kier alpha value is -3.12. The lowest BCUT2D eigenvalue weighted by atomic mass is 10.1. The van der Waals surface area contributed by atoms with Crippen LogP contribution in [0.25, 0.3) is 11.1 Å². The summed E-state index contributed by atoms with van der Waals surface area (Å²) in [4.78, 5) is 14.7. The Morgan fingerprint density at radius 1 is 1.03 bits per heavy atom. The van der Waals surface area contributed by atoms with Crippen molar-refractivity contribution in [2.75, 3.05) is 20.1 Å². The molecule has 1 N–H and O–H groups in total. The first-order valence-electron chi connectivity index (χ1n) is 9.98.